The van der Waals surface area contributed by atoms with Gasteiger partial charge >= 0.3 is 4.87 Å². The zero-order valence-electron chi connectivity index (χ0n) is 18.6. The van der Waals surface area contributed by atoms with Gasteiger partial charge in [0.1, 0.15) is 11.6 Å². The molecule has 0 radical (unpaired) electrons. The van der Waals surface area contributed by atoms with Crippen LogP contribution in [0, 0.1) is 35.4 Å². The standard InChI is InChI=1S/C26H21FN2O4S2/c1-33-14-8-6-13(7-9-14)29-24(30)19-15-10-16(20(19)25(29)31)21-18(15)17(11-2-4-12(27)5-3-11)22-23(34-21)28-26(32)35-22/h2-9,15-21H,10H2,1H3,(H,28,32)/t15-,16-,17-,18-,19+,20-,21-/m1/s1. The van der Waals surface area contributed by atoms with Crippen LogP contribution in [0.5, 0.6) is 5.75 Å². The highest BCUT2D eigenvalue weighted by molar-refractivity contribution is 8.00. The molecule has 7 rings (SSSR count). The molecule has 2 saturated carbocycles. The van der Waals surface area contributed by atoms with Crippen molar-refractivity contribution in [2.24, 2.45) is 29.6 Å². The van der Waals surface area contributed by atoms with E-state index in [1.165, 1.54) is 28.4 Å². The smallest absolute Gasteiger partial charge is 0.305 e. The van der Waals surface area contributed by atoms with Crippen LogP contribution in [0.4, 0.5) is 10.1 Å². The Morgan fingerprint density at radius 1 is 0.971 bits per heavy atom. The van der Waals surface area contributed by atoms with E-state index in [1.807, 2.05) is 0 Å². The lowest BCUT2D eigenvalue weighted by Gasteiger charge is -2.43. The number of carbonyl (C=O) groups excluding carboxylic acids is 2. The Kier molecular flexibility index (Phi) is 4.61. The number of hydrogen-bond acceptors (Lipinski definition) is 6. The number of imide groups is 1. The van der Waals surface area contributed by atoms with Gasteiger partial charge in [-0.1, -0.05) is 23.5 Å². The Labute approximate surface area is 208 Å². The second-order valence-corrected chi connectivity index (χ2v) is 11.9. The van der Waals surface area contributed by atoms with E-state index < -0.39 is 0 Å². The lowest BCUT2D eigenvalue weighted by molar-refractivity contribution is -0.123. The van der Waals surface area contributed by atoms with Gasteiger partial charge in [-0.2, -0.15) is 0 Å². The summed E-state index contributed by atoms with van der Waals surface area (Å²) in [5.74, 6) is -0.525. The van der Waals surface area contributed by atoms with Gasteiger partial charge in [0.15, 0.2) is 0 Å². The van der Waals surface area contributed by atoms with Crippen molar-refractivity contribution in [3.63, 3.8) is 0 Å². The third-order valence-corrected chi connectivity index (χ3v) is 10.9. The van der Waals surface area contributed by atoms with Crippen LogP contribution in [-0.2, 0) is 9.59 Å². The summed E-state index contributed by atoms with van der Waals surface area (Å²) >= 11 is 2.85. The molecule has 4 aliphatic rings. The Hall–Kier alpha value is -2.91. The van der Waals surface area contributed by atoms with E-state index in [-0.39, 0.29) is 63.3 Å². The number of anilines is 1. The van der Waals surface area contributed by atoms with Gasteiger partial charge in [-0.3, -0.25) is 19.3 Å². The number of rotatable bonds is 3. The Morgan fingerprint density at radius 3 is 2.34 bits per heavy atom. The molecular weight excluding hydrogens is 487 g/mol. The van der Waals surface area contributed by atoms with Gasteiger partial charge in [-0.25, -0.2) is 4.39 Å². The highest BCUT2D eigenvalue weighted by Crippen LogP contribution is 2.68. The maximum absolute atomic E-state index is 13.7. The van der Waals surface area contributed by atoms with Gasteiger partial charge < -0.3 is 9.72 Å². The Bertz CT molecular complexity index is 1420. The van der Waals surface area contributed by atoms with Gasteiger partial charge in [0.2, 0.25) is 11.8 Å². The molecule has 3 fully saturated rings. The minimum absolute atomic E-state index is 0.0302. The number of H-pyrrole nitrogens is 1. The summed E-state index contributed by atoms with van der Waals surface area (Å²) in [6, 6.07) is 13.5. The van der Waals surface area contributed by atoms with Gasteiger partial charge in [0.25, 0.3) is 0 Å². The van der Waals surface area contributed by atoms with Crippen LogP contribution in [0.3, 0.4) is 0 Å². The summed E-state index contributed by atoms with van der Waals surface area (Å²) < 4.78 is 19.0. The van der Waals surface area contributed by atoms with E-state index in [9.17, 15) is 18.8 Å². The molecule has 1 N–H and O–H groups in total. The van der Waals surface area contributed by atoms with Gasteiger partial charge in [-0.05, 0) is 66.1 Å². The number of fused-ring (bicyclic) bond motifs is 9. The van der Waals surface area contributed by atoms with Crippen molar-refractivity contribution >= 4 is 40.6 Å². The summed E-state index contributed by atoms with van der Waals surface area (Å²) in [5, 5.41) is 0.963. The van der Waals surface area contributed by atoms with Crippen LogP contribution in [0.1, 0.15) is 22.8 Å². The van der Waals surface area contributed by atoms with E-state index in [4.69, 9.17) is 4.74 Å². The number of carbonyl (C=O) groups is 2. The molecule has 2 aliphatic heterocycles. The van der Waals surface area contributed by atoms with E-state index in [0.717, 1.165) is 21.9 Å². The first kappa shape index (κ1) is 21.4. The molecule has 0 spiro atoms. The van der Waals surface area contributed by atoms with Crippen molar-refractivity contribution in [1.82, 2.24) is 4.98 Å². The van der Waals surface area contributed by atoms with Crippen molar-refractivity contribution in [1.29, 1.82) is 0 Å². The first-order chi connectivity index (χ1) is 17.0. The quantitative estimate of drug-likeness (QED) is 0.535. The zero-order valence-corrected chi connectivity index (χ0v) is 20.3. The van der Waals surface area contributed by atoms with Crippen LogP contribution < -0.4 is 14.5 Å². The normalized spacial score (nSPS) is 32.5. The van der Waals surface area contributed by atoms with Gasteiger partial charge in [-0.15, -0.1) is 11.8 Å². The maximum atomic E-state index is 13.7. The largest absolute Gasteiger partial charge is 0.497 e. The number of nitrogens with one attached hydrogen (secondary N) is 1. The second kappa shape index (κ2) is 7.54. The minimum atomic E-state index is -0.364. The topological polar surface area (TPSA) is 79.5 Å². The van der Waals surface area contributed by atoms with Crippen LogP contribution in [0.2, 0.25) is 0 Å². The molecule has 9 heteroatoms. The van der Waals surface area contributed by atoms with Crippen molar-refractivity contribution in [2.75, 3.05) is 12.0 Å². The molecule has 0 unspecified atom stereocenters. The fourth-order valence-corrected chi connectivity index (χ4v) is 9.93. The van der Waals surface area contributed by atoms with E-state index >= 15 is 0 Å². The molecule has 3 aromatic rings. The van der Waals surface area contributed by atoms with E-state index in [0.29, 0.717) is 11.4 Å². The number of thiazole rings is 1. The molecule has 2 bridgehead atoms. The highest BCUT2D eigenvalue weighted by atomic mass is 32.2. The first-order valence-corrected chi connectivity index (χ1v) is 13.3. The fourth-order valence-electron chi connectivity index (χ4n) is 7.05. The van der Waals surface area contributed by atoms with Gasteiger partial charge in [0.05, 0.1) is 29.7 Å². The number of hydrogen-bond donors (Lipinski definition) is 1. The molecule has 7 atom stereocenters. The maximum Gasteiger partial charge on any atom is 0.305 e. The van der Waals surface area contributed by atoms with Crippen molar-refractivity contribution < 1.29 is 18.7 Å². The van der Waals surface area contributed by atoms with Crippen molar-refractivity contribution in [3.05, 3.63) is 74.5 Å². The number of amides is 2. The molecule has 35 heavy (non-hydrogen) atoms. The molecule has 178 valence electrons. The predicted molar refractivity (Wildman–Crippen MR) is 130 cm³/mol. The fraction of sp³-hybridized carbons (Fsp3) is 0.346. The van der Waals surface area contributed by atoms with Crippen molar-refractivity contribution in [3.8, 4) is 5.75 Å². The average molecular weight is 509 g/mol. The number of aromatic amines is 1. The number of ether oxygens (including phenoxy) is 1. The molecular formula is C26H21FN2O4S2. The highest BCUT2D eigenvalue weighted by Gasteiger charge is 2.69. The minimum Gasteiger partial charge on any atom is -0.497 e. The van der Waals surface area contributed by atoms with E-state index in [1.54, 1.807) is 55.3 Å². The van der Waals surface area contributed by atoms with Gasteiger partial charge in [0, 0.05) is 16.0 Å². The summed E-state index contributed by atoms with van der Waals surface area (Å²) in [7, 11) is 1.58. The van der Waals surface area contributed by atoms with Crippen LogP contribution in [0.15, 0.2) is 58.4 Å². The SMILES string of the molecule is COc1ccc(N2C(=O)[C@@H]3[C@H]4C[C@@H]([C@@H]3C2=O)[C@@H]2[C@@H](c3ccc(F)cc3)c3sc(=O)[nH]c3S[C@H]42)cc1. The molecule has 3 heterocycles. The second-order valence-electron chi connectivity index (χ2n) is 9.72. The third kappa shape index (κ3) is 2.91. The number of benzene rings is 2. The number of methoxy groups -OCH3 is 1. The van der Waals surface area contributed by atoms with Crippen LogP contribution in [-0.4, -0.2) is 29.2 Å². The lowest BCUT2D eigenvalue weighted by Crippen LogP contribution is -2.42. The summed E-state index contributed by atoms with van der Waals surface area (Å²) in [5.41, 5.74) is 1.52. The number of nitrogens with zero attached hydrogens (tertiary/aromatic N) is 1. The molecule has 2 aromatic carbocycles. The average Bonchev–Trinajstić information content (AvgIpc) is 3.59. The third-order valence-electron chi connectivity index (χ3n) is 8.28. The Morgan fingerprint density at radius 2 is 1.66 bits per heavy atom. The molecule has 2 aliphatic carbocycles. The number of aromatic nitrogens is 1. The Balaban J connectivity index is 1.30. The first-order valence-electron chi connectivity index (χ1n) is 11.6. The summed E-state index contributed by atoms with van der Waals surface area (Å²) in [6.45, 7) is 0. The molecule has 1 aromatic heterocycles. The summed E-state index contributed by atoms with van der Waals surface area (Å²) in [4.78, 5) is 44.8. The molecule has 6 nitrogen and oxygen atoms in total. The molecule has 1 saturated heterocycles. The van der Waals surface area contributed by atoms with Crippen LogP contribution >= 0.6 is 23.1 Å². The summed E-state index contributed by atoms with van der Waals surface area (Å²) in [6.07, 6.45) is 0.822. The predicted octanol–water partition coefficient (Wildman–Crippen LogP) is 4.26. The van der Waals surface area contributed by atoms with Crippen LogP contribution in [0.25, 0.3) is 0 Å². The molecule has 2 amide bonds. The van der Waals surface area contributed by atoms with E-state index in [2.05, 4.69) is 4.98 Å². The van der Waals surface area contributed by atoms with Crippen molar-refractivity contribution in [2.45, 2.75) is 22.6 Å². The zero-order chi connectivity index (χ0) is 24.0. The monoisotopic (exact) mass is 508 g/mol. The lowest BCUT2D eigenvalue weighted by atomic mass is 9.68. The number of halogens is 1. The number of thioether (sulfide) groups is 1.